The first-order valence-electron chi connectivity index (χ1n) is 11.3. The van der Waals surface area contributed by atoms with Crippen molar-refractivity contribution < 1.29 is 18.8 Å². The number of amides is 3. The maximum Gasteiger partial charge on any atom is 0.253 e. The highest BCUT2D eigenvalue weighted by Gasteiger charge is 2.37. The Bertz CT molecular complexity index is 999. The summed E-state index contributed by atoms with van der Waals surface area (Å²) in [5.41, 5.74) is 0.887. The molecule has 8 heteroatoms. The predicted octanol–water partition coefficient (Wildman–Crippen LogP) is 3.75. The Morgan fingerprint density at radius 1 is 0.848 bits per heavy atom. The molecular weight excluding hydrogens is 445 g/mol. The van der Waals surface area contributed by atoms with E-state index in [2.05, 4.69) is 5.32 Å². The second kappa shape index (κ2) is 10.3. The number of rotatable bonds is 5. The Kier molecular flexibility index (Phi) is 7.28. The zero-order chi connectivity index (χ0) is 23.4. The summed E-state index contributed by atoms with van der Waals surface area (Å²) in [7, 11) is 0. The number of hydrogen-bond acceptors (Lipinski definition) is 3. The van der Waals surface area contributed by atoms with Gasteiger partial charge in [-0.25, -0.2) is 4.39 Å². The molecule has 1 N–H and O–H groups in total. The van der Waals surface area contributed by atoms with E-state index in [-0.39, 0.29) is 17.7 Å². The number of piperidine rings is 1. The highest BCUT2D eigenvalue weighted by molar-refractivity contribution is 6.30. The number of nitrogens with one attached hydrogen (secondary N) is 1. The summed E-state index contributed by atoms with van der Waals surface area (Å²) in [6.45, 7) is 2.38. The Balaban J connectivity index is 1.45. The van der Waals surface area contributed by atoms with E-state index in [0.29, 0.717) is 55.2 Å². The Hall–Kier alpha value is -2.93. The van der Waals surface area contributed by atoms with Crippen LogP contribution in [0.1, 0.15) is 46.4 Å². The number of carbonyl (C=O) groups excluding carboxylic acids is 3. The van der Waals surface area contributed by atoms with Gasteiger partial charge in [0.25, 0.3) is 11.8 Å². The molecule has 2 aliphatic rings. The first-order valence-corrected chi connectivity index (χ1v) is 11.7. The van der Waals surface area contributed by atoms with Crippen LogP contribution in [0.4, 0.5) is 4.39 Å². The second-order valence-electron chi connectivity index (χ2n) is 8.63. The van der Waals surface area contributed by atoms with Crippen molar-refractivity contribution in [3.8, 4) is 0 Å². The molecule has 0 unspecified atom stereocenters. The molecule has 1 atom stereocenters. The molecule has 2 aromatic rings. The Morgan fingerprint density at radius 2 is 1.42 bits per heavy atom. The van der Waals surface area contributed by atoms with Crippen LogP contribution in [-0.2, 0) is 4.79 Å². The number of hydrogen-bond donors (Lipinski definition) is 1. The van der Waals surface area contributed by atoms with Crippen LogP contribution in [0, 0.1) is 11.7 Å². The summed E-state index contributed by atoms with van der Waals surface area (Å²) >= 11 is 5.92. The van der Waals surface area contributed by atoms with Crippen LogP contribution in [0.2, 0.25) is 5.02 Å². The molecule has 0 saturated carbocycles. The summed E-state index contributed by atoms with van der Waals surface area (Å²) in [5.74, 6) is -1.05. The summed E-state index contributed by atoms with van der Waals surface area (Å²) < 4.78 is 13.2. The molecule has 2 saturated heterocycles. The standard InChI is InChI=1S/C25H27ClFN3O3/c26-20-7-3-19(4-8-20)24(32)30-15-11-17(12-16-30)22(25(33)29-13-1-2-14-29)28-23(31)18-5-9-21(27)10-6-18/h3-10,17,22H,1-2,11-16H2,(H,28,31)/t22-/m0/s1. The quantitative estimate of drug-likeness (QED) is 0.722. The van der Waals surface area contributed by atoms with E-state index in [1.165, 1.54) is 24.3 Å². The van der Waals surface area contributed by atoms with Crippen LogP contribution >= 0.6 is 11.6 Å². The first kappa shape index (κ1) is 23.2. The van der Waals surface area contributed by atoms with Gasteiger partial charge in [-0.05, 0) is 80.1 Å². The summed E-state index contributed by atoms with van der Waals surface area (Å²) in [4.78, 5) is 42.5. The van der Waals surface area contributed by atoms with Crippen molar-refractivity contribution in [3.63, 3.8) is 0 Å². The molecule has 0 radical (unpaired) electrons. The molecule has 2 fully saturated rings. The largest absolute Gasteiger partial charge is 0.341 e. The fraction of sp³-hybridized carbons (Fsp3) is 0.400. The van der Waals surface area contributed by atoms with E-state index in [4.69, 9.17) is 11.6 Å². The number of likely N-dealkylation sites (tertiary alicyclic amines) is 2. The summed E-state index contributed by atoms with van der Waals surface area (Å²) in [6, 6.07) is 11.4. The molecule has 0 aromatic heterocycles. The number of halogens is 2. The minimum Gasteiger partial charge on any atom is -0.341 e. The minimum absolute atomic E-state index is 0.0668. The smallest absolute Gasteiger partial charge is 0.253 e. The van der Waals surface area contributed by atoms with Crippen molar-refractivity contribution in [2.75, 3.05) is 26.2 Å². The molecule has 174 valence electrons. The summed E-state index contributed by atoms with van der Waals surface area (Å²) in [5, 5.41) is 3.48. The van der Waals surface area contributed by atoms with Gasteiger partial charge in [0.15, 0.2) is 0 Å². The maximum atomic E-state index is 13.3. The molecule has 0 aliphatic carbocycles. The Labute approximate surface area is 197 Å². The van der Waals surface area contributed by atoms with Gasteiger partial charge in [-0.1, -0.05) is 11.6 Å². The van der Waals surface area contributed by atoms with Crippen molar-refractivity contribution in [2.24, 2.45) is 5.92 Å². The third kappa shape index (κ3) is 5.53. The fourth-order valence-electron chi connectivity index (χ4n) is 4.55. The first-order chi connectivity index (χ1) is 15.9. The lowest BCUT2D eigenvalue weighted by Gasteiger charge is -2.37. The van der Waals surface area contributed by atoms with Crippen molar-refractivity contribution in [2.45, 2.75) is 31.7 Å². The zero-order valence-electron chi connectivity index (χ0n) is 18.3. The summed E-state index contributed by atoms with van der Waals surface area (Å²) in [6.07, 6.45) is 3.12. The van der Waals surface area contributed by atoms with Gasteiger partial charge in [-0.15, -0.1) is 0 Å². The molecule has 4 rings (SSSR count). The van der Waals surface area contributed by atoms with Gasteiger partial charge in [0.2, 0.25) is 5.91 Å². The van der Waals surface area contributed by atoms with Crippen molar-refractivity contribution in [1.82, 2.24) is 15.1 Å². The number of nitrogens with zero attached hydrogens (tertiary/aromatic N) is 2. The van der Waals surface area contributed by atoms with Gasteiger partial charge in [0, 0.05) is 42.3 Å². The van der Waals surface area contributed by atoms with Crippen LogP contribution in [0.5, 0.6) is 0 Å². The van der Waals surface area contributed by atoms with Crippen molar-refractivity contribution in [1.29, 1.82) is 0 Å². The van der Waals surface area contributed by atoms with Crippen LogP contribution < -0.4 is 5.32 Å². The van der Waals surface area contributed by atoms with E-state index in [9.17, 15) is 18.8 Å². The molecule has 33 heavy (non-hydrogen) atoms. The number of carbonyl (C=O) groups is 3. The topological polar surface area (TPSA) is 69.7 Å². The van der Waals surface area contributed by atoms with Crippen molar-refractivity contribution in [3.05, 3.63) is 70.5 Å². The van der Waals surface area contributed by atoms with Gasteiger partial charge in [-0.2, -0.15) is 0 Å². The van der Waals surface area contributed by atoms with Crippen molar-refractivity contribution >= 4 is 29.3 Å². The average molecular weight is 472 g/mol. The SMILES string of the molecule is O=C(N[C@H](C(=O)N1CCCC1)C1CCN(C(=O)c2ccc(Cl)cc2)CC1)c1ccc(F)cc1. The molecule has 6 nitrogen and oxygen atoms in total. The second-order valence-corrected chi connectivity index (χ2v) is 9.06. The van der Waals surface area contributed by atoms with Crippen LogP contribution in [0.15, 0.2) is 48.5 Å². The minimum atomic E-state index is -0.673. The van der Waals surface area contributed by atoms with E-state index >= 15 is 0 Å². The fourth-order valence-corrected chi connectivity index (χ4v) is 4.68. The van der Waals surface area contributed by atoms with Gasteiger partial charge >= 0.3 is 0 Å². The molecule has 0 spiro atoms. The average Bonchev–Trinajstić information content (AvgIpc) is 3.38. The lowest BCUT2D eigenvalue weighted by Crippen LogP contribution is -2.54. The van der Waals surface area contributed by atoms with E-state index in [0.717, 1.165) is 12.8 Å². The van der Waals surface area contributed by atoms with E-state index < -0.39 is 17.8 Å². The lowest BCUT2D eigenvalue weighted by atomic mass is 9.88. The molecular formula is C25H27ClFN3O3. The van der Waals surface area contributed by atoms with Gasteiger partial charge in [0.05, 0.1) is 0 Å². The van der Waals surface area contributed by atoms with Gasteiger partial charge in [0.1, 0.15) is 11.9 Å². The molecule has 2 aromatic carbocycles. The Morgan fingerprint density at radius 3 is 2.03 bits per heavy atom. The van der Waals surface area contributed by atoms with E-state index in [1.807, 2.05) is 0 Å². The molecule has 2 aliphatic heterocycles. The van der Waals surface area contributed by atoms with E-state index in [1.54, 1.807) is 34.1 Å². The normalized spacial score (nSPS) is 17.6. The maximum absolute atomic E-state index is 13.3. The van der Waals surface area contributed by atoms with Crippen LogP contribution in [0.25, 0.3) is 0 Å². The number of benzene rings is 2. The van der Waals surface area contributed by atoms with Crippen LogP contribution in [-0.4, -0.2) is 59.7 Å². The third-order valence-electron chi connectivity index (χ3n) is 6.47. The predicted molar refractivity (Wildman–Crippen MR) is 124 cm³/mol. The zero-order valence-corrected chi connectivity index (χ0v) is 19.1. The lowest BCUT2D eigenvalue weighted by molar-refractivity contribution is -0.134. The highest BCUT2D eigenvalue weighted by atomic mass is 35.5. The van der Waals surface area contributed by atoms with Gasteiger partial charge in [-0.3, -0.25) is 14.4 Å². The monoisotopic (exact) mass is 471 g/mol. The molecule has 2 heterocycles. The third-order valence-corrected chi connectivity index (χ3v) is 6.72. The molecule has 0 bridgehead atoms. The molecule has 3 amide bonds. The van der Waals surface area contributed by atoms with Gasteiger partial charge < -0.3 is 15.1 Å². The van der Waals surface area contributed by atoms with Crippen LogP contribution in [0.3, 0.4) is 0 Å². The highest BCUT2D eigenvalue weighted by Crippen LogP contribution is 2.25.